The largest absolute Gasteiger partial charge is 0.384 e. The van der Waals surface area contributed by atoms with Crippen LogP contribution in [0.25, 0.3) is 0 Å². The molecule has 1 saturated heterocycles. The molecule has 104 valence electrons. The predicted molar refractivity (Wildman–Crippen MR) is 80.8 cm³/mol. The molecule has 1 aromatic heterocycles. The fraction of sp³-hybridized carbons (Fsp3) is 0.353. The number of benzene rings is 1. The van der Waals surface area contributed by atoms with E-state index in [4.69, 9.17) is 0 Å². The summed E-state index contributed by atoms with van der Waals surface area (Å²) in [6.45, 7) is 2.24. The zero-order chi connectivity index (χ0) is 13.8. The maximum Gasteiger partial charge on any atom is 0.106 e. The molecule has 0 bridgehead atoms. The second kappa shape index (κ2) is 6.06. The highest BCUT2D eigenvalue weighted by Gasteiger charge is 2.14. The highest BCUT2D eigenvalue weighted by atomic mass is 16.3. The van der Waals surface area contributed by atoms with Crippen LogP contribution in [0, 0.1) is 0 Å². The maximum atomic E-state index is 10.5. The lowest BCUT2D eigenvalue weighted by atomic mass is 10.0. The van der Waals surface area contributed by atoms with Crippen molar-refractivity contribution < 1.29 is 5.11 Å². The van der Waals surface area contributed by atoms with Gasteiger partial charge >= 0.3 is 0 Å². The summed E-state index contributed by atoms with van der Waals surface area (Å²) in [6, 6.07) is 12.0. The summed E-state index contributed by atoms with van der Waals surface area (Å²) < 4.78 is 0. The Hall–Kier alpha value is -1.87. The van der Waals surface area contributed by atoms with Gasteiger partial charge in [0.2, 0.25) is 0 Å². The number of aliphatic hydroxyl groups excluding tert-OH is 1. The third-order valence-electron chi connectivity index (χ3n) is 3.91. The van der Waals surface area contributed by atoms with Crippen LogP contribution in [0.4, 0.5) is 5.69 Å². The van der Waals surface area contributed by atoms with Crippen LogP contribution in [0.5, 0.6) is 0 Å². The van der Waals surface area contributed by atoms with E-state index in [1.807, 2.05) is 24.3 Å². The van der Waals surface area contributed by atoms with E-state index in [2.05, 4.69) is 22.0 Å². The van der Waals surface area contributed by atoms with E-state index < -0.39 is 6.10 Å². The third-order valence-corrected chi connectivity index (χ3v) is 3.91. The Morgan fingerprint density at radius 2 is 1.80 bits per heavy atom. The monoisotopic (exact) mass is 268 g/mol. The second-order valence-corrected chi connectivity index (χ2v) is 5.33. The Kier molecular flexibility index (Phi) is 3.97. The van der Waals surface area contributed by atoms with E-state index in [0.717, 1.165) is 24.2 Å². The number of anilines is 1. The molecule has 0 aliphatic carbocycles. The molecule has 0 radical (unpaired) electrons. The zero-order valence-electron chi connectivity index (χ0n) is 11.6. The van der Waals surface area contributed by atoms with E-state index in [-0.39, 0.29) is 0 Å². The van der Waals surface area contributed by atoms with E-state index in [1.54, 1.807) is 12.4 Å². The Bertz CT molecular complexity index is 550. The molecule has 3 heteroatoms. The molecule has 2 heterocycles. The number of aromatic nitrogens is 1. The molecule has 1 unspecified atom stereocenters. The lowest BCUT2D eigenvalue weighted by Gasteiger charge is -2.29. The van der Waals surface area contributed by atoms with Crippen molar-refractivity contribution in [1.82, 2.24) is 4.98 Å². The van der Waals surface area contributed by atoms with Crippen LogP contribution in [0.15, 0.2) is 48.8 Å². The number of hydrogen-bond donors (Lipinski definition) is 1. The SMILES string of the molecule is OC(c1cccnc1)c1cccc(N2CCCCC2)c1. The average Bonchev–Trinajstić information content (AvgIpc) is 2.56. The zero-order valence-corrected chi connectivity index (χ0v) is 11.6. The van der Waals surface area contributed by atoms with Crippen molar-refractivity contribution in [1.29, 1.82) is 0 Å². The first-order valence-corrected chi connectivity index (χ1v) is 7.27. The Morgan fingerprint density at radius 1 is 1.00 bits per heavy atom. The van der Waals surface area contributed by atoms with Crippen molar-refractivity contribution >= 4 is 5.69 Å². The summed E-state index contributed by atoms with van der Waals surface area (Å²) >= 11 is 0. The van der Waals surface area contributed by atoms with Gasteiger partial charge in [0, 0.05) is 36.7 Å². The minimum absolute atomic E-state index is 0.603. The van der Waals surface area contributed by atoms with E-state index in [1.165, 1.54) is 24.9 Å². The van der Waals surface area contributed by atoms with Gasteiger partial charge in [-0.25, -0.2) is 0 Å². The standard InChI is InChI=1S/C17H20N2O/c20-17(15-7-5-9-18-13-15)14-6-4-8-16(12-14)19-10-2-1-3-11-19/h4-9,12-13,17,20H,1-3,10-11H2. The summed E-state index contributed by atoms with van der Waals surface area (Å²) in [5.74, 6) is 0. The molecule has 0 spiro atoms. The number of nitrogens with zero attached hydrogens (tertiary/aromatic N) is 2. The Balaban J connectivity index is 1.83. The molecule has 3 rings (SSSR count). The lowest BCUT2D eigenvalue weighted by molar-refractivity contribution is 0.220. The fourth-order valence-corrected chi connectivity index (χ4v) is 2.77. The van der Waals surface area contributed by atoms with Crippen LogP contribution >= 0.6 is 0 Å². The lowest BCUT2D eigenvalue weighted by Crippen LogP contribution is -2.29. The summed E-state index contributed by atoms with van der Waals surface area (Å²) in [4.78, 5) is 6.48. The molecule has 1 aromatic carbocycles. The van der Waals surface area contributed by atoms with Gasteiger partial charge in [-0.1, -0.05) is 18.2 Å². The number of hydrogen-bond acceptors (Lipinski definition) is 3. The van der Waals surface area contributed by atoms with E-state index in [0.29, 0.717) is 0 Å². The van der Waals surface area contributed by atoms with Gasteiger partial charge in [0.1, 0.15) is 6.10 Å². The topological polar surface area (TPSA) is 36.4 Å². The van der Waals surface area contributed by atoms with Gasteiger partial charge in [0.05, 0.1) is 0 Å². The quantitative estimate of drug-likeness (QED) is 0.929. The molecule has 20 heavy (non-hydrogen) atoms. The van der Waals surface area contributed by atoms with Gasteiger partial charge in [-0.2, -0.15) is 0 Å². The molecule has 0 saturated carbocycles. The van der Waals surface area contributed by atoms with Gasteiger partial charge in [-0.15, -0.1) is 0 Å². The van der Waals surface area contributed by atoms with Gasteiger partial charge in [-0.3, -0.25) is 4.98 Å². The summed E-state index contributed by atoms with van der Waals surface area (Å²) in [5.41, 5.74) is 2.98. The van der Waals surface area contributed by atoms with Crippen molar-refractivity contribution in [2.45, 2.75) is 25.4 Å². The minimum Gasteiger partial charge on any atom is -0.384 e. The number of aliphatic hydroxyl groups is 1. The van der Waals surface area contributed by atoms with Crippen LogP contribution in [0.1, 0.15) is 36.5 Å². The van der Waals surface area contributed by atoms with Gasteiger partial charge in [0.15, 0.2) is 0 Å². The number of piperidine rings is 1. The molecule has 2 aromatic rings. The van der Waals surface area contributed by atoms with Crippen LogP contribution in [-0.2, 0) is 0 Å². The first kappa shape index (κ1) is 13.1. The van der Waals surface area contributed by atoms with Crippen LogP contribution < -0.4 is 4.90 Å². The molecule has 1 aliphatic rings. The summed E-state index contributed by atoms with van der Waals surface area (Å²) in [5, 5.41) is 10.5. The van der Waals surface area contributed by atoms with Crippen molar-refractivity contribution in [3.8, 4) is 0 Å². The van der Waals surface area contributed by atoms with E-state index >= 15 is 0 Å². The van der Waals surface area contributed by atoms with Gasteiger partial charge in [0.25, 0.3) is 0 Å². The molecule has 1 fully saturated rings. The first-order chi connectivity index (χ1) is 9.84. The molecular formula is C17H20N2O. The Labute approximate surface area is 119 Å². The third kappa shape index (κ3) is 2.83. The Morgan fingerprint density at radius 3 is 2.55 bits per heavy atom. The van der Waals surface area contributed by atoms with Crippen molar-refractivity contribution in [3.05, 3.63) is 59.9 Å². The number of rotatable bonds is 3. The van der Waals surface area contributed by atoms with Crippen LogP contribution in [0.2, 0.25) is 0 Å². The van der Waals surface area contributed by atoms with Gasteiger partial charge < -0.3 is 10.0 Å². The molecule has 1 N–H and O–H groups in total. The highest BCUT2D eigenvalue weighted by Crippen LogP contribution is 2.26. The molecular weight excluding hydrogens is 248 g/mol. The smallest absolute Gasteiger partial charge is 0.106 e. The van der Waals surface area contributed by atoms with Crippen molar-refractivity contribution in [3.63, 3.8) is 0 Å². The maximum absolute atomic E-state index is 10.5. The van der Waals surface area contributed by atoms with Gasteiger partial charge in [-0.05, 0) is 43.0 Å². The number of pyridine rings is 1. The van der Waals surface area contributed by atoms with E-state index in [9.17, 15) is 5.11 Å². The predicted octanol–water partition coefficient (Wildman–Crippen LogP) is 3.15. The van der Waals surface area contributed by atoms with Crippen molar-refractivity contribution in [2.24, 2.45) is 0 Å². The normalized spacial score (nSPS) is 16.9. The minimum atomic E-state index is -0.603. The van der Waals surface area contributed by atoms with Crippen LogP contribution in [0.3, 0.4) is 0 Å². The van der Waals surface area contributed by atoms with Crippen LogP contribution in [-0.4, -0.2) is 23.2 Å². The highest BCUT2D eigenvalue weighted by molar-refractivity contribution is 5.50. The molecule has 0 amide bonds. The summed E-state index contributed by atoms with van der Waals surface area (Å²) in [7, 11) is 0. The first-order valence-electron chi connectivity index (χ1n) is 7.27. The summed E-state index contributed by atoms with van der Waals surface area (Å²) in [6.07, 6.45) is 6.69. The molecule has 1 atom stereocenters. The molecule has 1 aliphatic heterocycles. The fourth-order valence-electron chi connectivity index (χ4n) is 2.77. The van der Waals surface area contributed by atoms with Crippen molar-refractivity contribution in [2.75, 3.05) is 18.0 Å². The average molecular weight is 268 g/mol. The molecule has 3 nitrogen and oxygen atoms in total. The second-order valence-electron chi connectivity index (χ2n) is 5.33.